The van der Waals surface area contributed by atoms with Gasteiger partial charge in [0.1, 0.15) is 0 Å². The van der Waals surface area contributed by atoms with Crippen LogP contribution < -0.4 is 0 Å². The lowest BCUT2D eigenvalue weighted by atomic mass is 10.4. The van der Waals surface area contributed by atoms with Gasteiger partial charge in [-0.15, -0.1) is 0 Å². The predicted molar refractivity (Wildman–Crippen MR) is 57.9 cm³/mol. The number of likely N-dealkylation sites (tertiary alicyclic amines) is 1. The molecule has 0 aliphatic carbocycles. The Kier molecular flexibility index (Phi) is 4.76. The van der Waals surface area contributed by atoms with E-state index >= 15 is 0 Å². The summed E-state index contributed by atoms with van der Waals surface area (Å²) in [6.45, 7) is 3.89. The van der Waals surface area contributed by atoms with E-state index in [-0.39, 0.29) is 0 Å². The van der Waals surface area contributed by atoms with Crippen molar-refractivity contribution in [2.45, 2.75) is 19.8 Å². The number of hydrogen-bond donors (Lipinski definition) is 0. The van der Waals surface area contributed by atoms with Crippen molar-refractivity contribution in [2.24, 2.45) is 0 Å². The van der Waals surface area contributed by atoms with Gasteiger partial charge in [0.25, 0.3) is 0 Å². The summed E-state index contributed by atoms with van der Waals surface area (Å²) < 4.78 is 0. The van der Waals surface area contributed by atoms with E-state index in [1.165, 1.54) is 0 Å². The maximum atomic E-state index is 10.7. The molecule has 0 spiro atoms. The molecule has 14 heavy (non-hydrogen) atoms. The van der Waals surface area contributed by atoms with E-state index in [9.17, 15) is 4.79 Å². The highest BCUT2D eigenvalue weighted by atomic mass is 16.2. The van der Waals surface area contributed by atoms with Crippen LogP contribution in [0.5, 0.6) is 0 Å². The molecule has 1 amide bonds. The van der Waals surface area contributed by atoms with Gasteiger partial charge in [-0.2, -0.15) is 0 Å². The second-order valence-corrected chi connectivity index (χ2v) is 3.23. The fourth-order valence-electron chi connectivity index (χ4n) is 1.42. The Hall–Kier alpha value is -1.31. The first-order valence-electron chi connectivity index (χ1n) is 5.12. The highest BCUT2D eigenvalue weighted by Crippen LogP contribution is 2.07. The SMILES string of the molecule is CCN1CCCC1=O.c1ccccc1. The average Bonchev–Trinajstić information content (AvgIpc) is 2.67. The molecular weight excluding hydrogens is 174 g/mol. The minimum atomic E-state index is 0.326. The van der Waals surface area contributed by atoms with Crippen molar-refractivity contribution >= 4 is 5.91 Å². The summed E-state index contributed by atoms with van der Waals surface area (Å²) >= 11 is 0. The number of hydrogen-bond acceptors (Lipinski definition) is 1. The Morgan fingerprint density at radius 2 is 1.64 bits per heavy atom. The first kappa shape index (κ1) is 10.8. The van der Waals surface area contributed by atoms with Crippen molar-refractivity contribution in [3.05, 3.63) is 36.4 Å². The summed E-state index contributed by atoms with van der Waals surface area (Å²) in [5, 5.41) is 0. The van der Waals surface area contributed by atoms with Crippen LogP contribution in [0.1, 0.15) is 19.8 Å². The minimum Gasteiger partial charge on any atom is -0.343 e. The fourth-order valence-corrected chi connectivity index (χ4v) is 1.42. The van der Waals surface area contributed by atoms with E-state index in [1.807, 2.05) is 48.2 Å². The molecule has 1 saturated heterocycles. The molecule has 1 aromatic carbocycles. The molecule has 0 bridgehead atoms. The molecule has 1 heterocycles. The number of amides is 1. The van der Waals surface area contributed by atoms with Crippen LogP contribution in [0.3, 0.4) is 0 Å². The lowest BCUT2D eigenvalue weighted by molar-refractivity contribution is -0.127. The molecule has 2 nitrogen and oxygen atoms in total. The second kappa shape index (κ2) is 6.19. The quantitative estimate of drug-likeness (QED) is 0.667. The van der Waals surface area contributed by atoms with Gasteiger partial charge in [-0.05, 0) is 13.3 Å². The monoisotopic (exact) mass is 191 g/mol. The van der Waals surface area contributed by atoms with Gasteiger partial charge in [0.2, 0.25) is 5.91 Å². The number of nitrogens with zero attached hydrogens (tertiary/aromatic N) is 1. The minimum absolute atomic E-state index is 0.326. The summed E-state index contributed by atoms with van der Waals surface area (Å²) in [6.07, 6.45) is 1.83. The molecule has 0 aromatic heterocycles. The zero-order chi connectivity index (χ0) is 10.2. The summed E-state index contributed by atoms with van der Waals surface area (Å²) in [6, 6.07) is 12.0. The average molecular weight is 191 g/mol. The number of carbonyl (C=O) groups excluding carboxylic acids is 1. The van der Waals surface area contributed by atoms with Crippen LogP contribution in [-0.2, 0) is 4.79 Å². The molecule has 1 aromatic rings. The molecule has 1 aliphatic heterocycles. The smallest absolute Gasteiger partial charge is 0.222 e. The Morgan fingerprint density at radius 1 is 1.14 bits per heavy atom. The predicted octanol–water partition coefficient (Wildman–Crippen LogP) is 2.32. The fraction of sp³-hybridized carbons (Fsp3) is 0.417. The van der Waals surface area contributed by atoms with Crippen molar-refractivity contribution in [1.82, 2.24) is 4.90 Å². The molecule has 76 valence electrons. The zero-order valence-electron chi connectivity index (χ0n) is 8.65. The van der Waals surface area contributed by atoms with E-state index in [0.29, 0.717) is 5.91 Å². The van der Waals surface area contributed by atoms with Crippen molar-refractivity contribution in [3.63, 3.8) is 0 Å². The second-order valence-electron chi connectivity index (χ2n) is 3.23. The largest absolute Gasteiger partial charge is 0.343 e. The number of benzene rings is 1. The molecule has 0 saturated carbocycles. The van der Waals surface area contributed by atoms with Gasteiger partial charge in [0, 0.05) is 19.5 Å². The van der Waals surface area contributed by atoms with Crippen molar-refractivity contribution in [2.75, 3.05) is 13.1 Å². The first-order valence-corrected chi connectivity index (χ1v) is 5.12. The lowest BCUT2D eigenvalue weighted by Crippen LogP contribution is -2.23. The lowest BCUT2D eigenvalue weighted by Gasteiger charge is -2.10. The van der Waals surface area contributed by atoms with Gasteiger partial charge in [-0.25, -0.2) is 0 Å². The Bertz CT molecular complexity index is 232. The van der Waals surface area contributed by atoms with Gasteiger partial charge < -0.3 is 4.90 Å². The Labute approximate surface area is 85.5 Å². The van der Waals surface area contributed by atoms with E-state index in [4.69, 9.17) is 0 Å². The van der Waals surface area contributed by atoms with Crippen molar-refractivity contribution < 1.29 is 4.79 Å². The van der Waals surface area contributed by atoms with Gasteiger partial charge >= 0.3 is 0 Å². The van der Waals surface area contributed by atoms with Crippen LogP contribution in [0.2, 0.25) is 0 Å². The summed E-state index contributed by atoms with van der Waals surface area (Å²) in [5.74, 6) is 0.326. The highest BCUT2D eigenvalue weighted by molar-refractivity contribution is 5.77. The number of rotatable bonds is 1. The third kappa shape index (κ3) is 3.60. The van der Waals surface area contributed by atoms with E-state index in [0.717, 1.165) is 25.9 Å². The standard InChI is InChI=1S/C6H11NO.C6H6/c1-2-7-5-3-4-6(7)8;1-2-4-6-5-3-1/h2-5H2,1H3;1-6H. The molecule has 1 fully saturated rings. The third-order valence-corrected chi connectivity index (χ3v) is 2.22. The molecular formula is C12H17NO. The molecule has 0 radical (unpaired) electrons. The summed E-state index contributed by atoms with van der Waals surface area (Å²) in [7, 11) is 0. The Balaban J connectivity index is 0.000000146. The van der Waals surface area contributed by atoms with Crippen LogP contribution in [0.25, 0.3) is 0 Å². The topological polar surface area (TPSA) is 20.3 Å². The van der Waals surface area contributed by atoms with Crippen LogP contribution in [0.15, 0.2) is 36.4 Å². The molecule has 0 N–H and O–H groups in total. The molecule has 2 heteroatoms. The van der Waals surface area contributed by atoms with Crippen molar-refractivity contribution in [3.8, 4) is 0 Å². The Morgan fingerprint density at radius 3 is 1.86 bits per heavy atom. The maximum Gasteiger partial charge on any atom is 0.222 e. The van der Waals surface area contributed by atoms with Gasteiger partial charge in [0.15, 0.2) is 0 Å². The van der Waals surface area contributed by atoms with Crippen LogP contribution >= 0.6 is 0 Å². The van der Waals surface area contributed by atoms with Crippen LogP contribution in [0, 0.1) is 0 Å². The third-order valence-electron chi connectivity index (χ3n) is 2.22. The van der Waals surface area contributed by atoms with Gasteiger partial charge in [0.05, 0.1) is 0 Å². The highest BCUT2D eigenvalue weighted by Gasteiger charge is 2.16. The zero-order valence-corrected chi connectivity index (χ0v) is 8.65. The molecule has 2 rings (SSSR count). The molecule has 1 aliphatic rings. The molecule has 0 unspecified atom stereocenters. The summed E-state index contributed by atoms with van der Waals surface area (Å²) in [5.41, 5.74) is 0. The molecule has 0 atom stereocenters. The van der Waals surface area contributed by atoms with Gasteiger partial charge in [-0.1, -0.05) is 36.4 Å². The van der Waals surface area contributed by atoms with E-state index in [2.05, 4.69) is 0 Å². The normalized spacial score (nSPS) is 14.9. The van der Waals surface area contributed by atoms with Gasteiger partial charge in [-0.3, -0.25) is 4.79 Å². The first-order chi connectivity index (χ1) is 6.84. The van der Waals surface area contributed by atoms with Crippen molar-refractivity contribution in [1.29, 1.82) is 0 Å². The van der Waals surface area contributed by atoms with Crippen LogP contribution in [0.4, 0.5) is 0 Å². The maximum absolute atomic E-state index is 10.7. The summed E-state index contributed by atoms with van der Waals surface area (Å²) in [4.78, 5) is 12.6. The number of carbonyl (C=O) groups is 1. The van der Waals surface area contributed by atoms with Crippen LogP contribution in [-0.4, -0.2) is 23.9 Å². The van der Waals surface area contributed by atoms with E-state index in [1.54, 1.807) is 0 Å². The van der Waals surface area contributed by atoms with E-state index < -0.39 is 0 Å².